The highest BCUT2D eigenvalue weighted by Crippen LogP contribution is 2.22. The first-order valence-corrected chi connectivity index (χ1v) is 10.1. The number of carbonyl (C=O) groups excluding carboxylic acids is 2. The molecule has 1 heterocycles. The number of hydrogen-bond acceptors (Lipinski definition) is 5. The van der Waals surface area contributed by atoms with E-state index in [1.807, 2.05) is 32.0 Å². The van der Waals surface area contributed by atoms with E-state index >= 15 is 0 Å². The zero-order valence-corrected chi connectivity index (χ0v) is 17.6. The maximum absolute atomic E-state index is 12.4. The predicted octanol–water partition coefficient (Wildman–Crippen LogP) is 3.09. The lowest BCUT2D eigenvalue weighted by atomic mass is 10.1. The molecule has 2 N–H and O–H groups in total. The molecule has 2 unspecified atom stereocenters. The van der Waals surface area contributed by atoms with E-state index < -0.39 is 17.9 Å². The average molecular weight is 412 g/mol. The molecule has 2 atom stereocenters. The molecule has 2 aromatic rings. The van der Waals surface area contributed by atoms with Crippen LogP contribution in [0.2, 0.25) is 0 Å². The molecule has 0 aromatic heterocycles. The summed E-state index contributed by atoms with van der Waals surface area (Å²) in [5.74, 6) is 0.330. The monoisotopic (exact) mass is 412 g/mol. The molecule has 0 saturated carbocycles. The molecule has 160 valence electrons. The minimum Gasteiger partial charge on any atom is -0.491 e. The lowest BCUT2D eigenvalue weighted by Gasteiger charge is -2.17. The molecule has 30 heavy (non-hydrogen) atoms. The van der Waals surface area contributed by atoms with Crippen LogP contribution in [-0.2, 0) is 9.53 Å². The number of nitrogens with one attached hydrogen (secondary N) is 2. The minimum atomic E-state index is -0.771. The summed E-state index contributed by atoms with van der Waals surface area (Å²) in [5.41, 5.74) is 7.25. The Morgan fingerprint density at radius 2 is 1.97 bits per heavy atom. The summed E-state index contributed by atoms with van der Waals surface area (Å²) in [6.45, 7) is 6.76. The number of hydrogen-bond donors (Lipinski definition) is 2. The van der Waals surface area contributed by atoms with Gasteiger partial charge in [0.15, 0.2) is 6.10 Å². The molecule has 0 spiro atoms. The van der Waals surface area contributed by atoms with Crippen molar-refractivity contribution in [2.75, 3.05) is 13.2 Å². The second-order valence-electron chi connectivity index (χ2n) is 7.38. The maximum atomic E-state index is 12.4. The van der Waals surface area contributed by atoms with Crippen molar-refractivity contribution >= 4 is 11.8 Å². The fourth-order valence-corrected chi connectivity index (χ4v) is 3.08. The standard InChI is InChI=1S/C23H28N2O5/c1-15-7-4-11-21(16(15)2)30-17(3)22(26)24-25-23(27)18-8-5-9-19(13-18)29-14-20-10-6-12-28-20/h4-5,7-9,11,13,17,20H,6,10,12,14H2,1-3H3,(H,24,26)(H,25,27). The first-order chi connectivity index (χ1) is 14.4. The topological polar surface area (TPSA) is 85.9 Å². The van der Waals surface area contributed by atoms with Crippen LogP contribution in [0.25, 0.3) is 0 Å². The Hall–Kier alpha value is -3.06. The molecule has 3 rings (SSSR count). The molecule has 1 saturated heterocycles. The Morgan fingerprint density at radius 3 is 2.73 bits per heavy atom. The molecule has 1 fully saturated rings. The first-order valence-electron chi connectivity index (χ1n) is 10.1. The van der Waals surface area contributed by atoms with Crippen LogP contribution in [0.5, 0.6) is 11.5 Å². The van der Waals surface area contributed by atoms with Crippen molar-refractivity contribution in [2.24, 2.45) is 0 Å². The zero-order valence-electron chi connectivity index (χ0n) is 17.6. The molecule has 1 aliphatic heterocycles. The third kappa shape index (κ3) is 5.73. The van der Waals surface area contributed by atoms with Gasteiger partial charge in [0, 0.05) is 12.2 Å². The zero-order chi connectivity index (χ0) is 21.5. The van der Waals surface area contributed by atoms with E-state index in [1.165, 1.54) is 0 Å². The van der Waals surface area contributed by atoms with Crippen LogP contribution in [0, 0.1) is 13.8 Å². The number of amides is 2. The quantitative estimate of drug-likeness (QED) is 0.683. The molecule has 7 heteroatoms. The summed E-state index contributed by atoms with van der Waals surface area (Å²) in [6, 6.07) is 12.5. The minimum absolute atomic E-state index is 0.0975. The molecule has 2 amide bonds. The van der Waals surface area contributed by atoms with Crippen LogP contribution in [0.4, 0.5) is 0 Å². The summed E-state index contributed by atoms with van der Waals surface area (Å²) in [5, 5.41) is 0. The van der Waals surface area contributed by atoms with Gasteiger partial charge in [-0.1, -0.05) is 18.2 Å². The Kier molecular flexibility index (Phi) is 7.30. The second kappa shape index (κ2) is 10.1. The lowest BCUT2D eigenvalue weighted by molar-refractivity contribution is -0.128. The van der Waals surface area contributed by atoms with E-state index in [9.17, 15) is 9.59 Å². The van der Waals surface area contributed by atoms with Crippen molar-refractivity contribution in [3.63, 3.8) is 0 Å². The predicted molar refractivity (Wildman–Crippen MR) is 113 cm³/mol. The SMILES string of the molecule is Cc1cccc(OC(C)C(=O)NNC(=O)c2cccc(OCC3CCCO3)c2)c1C. The lowest BCUT2D eigenvalue weighted by Crippen LogP contribution is -2.47. The van der Waals surface area contributed by atoms with Gasteiger partial charge in [-0.25, -0.2) is 0 Å². The fourth-order valence-electron chi connectivity index (χ4n) is 3.08. The van der Waals surface area contributed by atoms with Crippen LogP contribution < -0.4 is 20.3 Å². The van der Waals surface area contributed by atoms with Gasteiger partial charge >= 0.3 is 0 Å². The van der Waals surface area contributed by atoms with Crippen molar-refractivity contribution in [1.29, 1.82) is 0 Å². The summed E-state index contributed by atoms with van der Waals surface area (Å²) < 4.78 is 17.0. The number of rotatable bonds is 7. The normalized spacial score (nSPS) is 16.6. The van der Waals surface area contributed by atoms with Crippen molar-refractivity contribution in [2.45, 2.75) is 45.8 Å². The van der Waals surface area contributed by atoms with Gasteiger partial charge < -0.3 is 14.2 Å². The van der Waals surface area contributed by atoms with E-state index in [-0.39, 0.29) is 6.10 Å². The van der Waals surface area contributed by atoms with E-state index in [2.05, 4.69) is 10.9 Å². The first kappa shape index (κ1) is 21.6. The van der Waals surface area contributed by atoms with Gasteiger partial charge in [-0.15, -0.1) is 0 Å². The number of benzene rings is 2. The molecule has 0 aliphatic carbocycles. The average Bonchev–Trinajstić information content (AvgIpc) is 3.27. The fraction of sp³-hybridized carbons (Fsp3) is 0.391. The molecule has 0 radical (unpaired) electrons. The van der Waals surface area contributed by atoms with E-state index in [0.717, 1.165) is 30.6 Å². The van der Waals surface area contributed by atoms with Crippen molar-refractivity contribution in [3.8, 4) is 11.5 Å². The molecule has 0 bridgehead atoms. The molecular formula is C23H28N2O5. The van der Waals surface area contributed by atoms with Crippen LogP contribution in [0.1, 0.15) is 41.3 Å². The van der Waals surface area contributed by atoms with Gasteiger partial charge in [0.1, 0.15) is 18.1 Å². The summed E-state index contributed by atoms with van der Waals surface area (Å²) in [6.07, 6.45) is 1.35. The number of hydrazine groups is 1. The van der Waals surface area contributed by atoms with Crippen LogP contribution in [0.3, 0.4) is 0 Å². The van der Waals surface area contributed by atoms with Crippen molar-refractivity contribution < 1.29 is 23.8 Å². The van der Waals surface area contributed by atoms with Gasteiger partial charge in [-0.05, 0) is 69.0 Å². The van der Waals surface area contributed by atoms with Gasteiger partial charge in [0.2, 0.25) is 0 Å². The second-order valence-corrected chi connectivity index (χ2v) is 7.38. The van der Waals surface area contributed by atoms with E-state index in [0.29, 0.717) is 23.7 Å². The van der Waals surface area contributed by atoms with Gasteiger partial charge in [0.05, 0.1) is 6.10 Å². The number of aryl methyl sites for hydroxylation is 1. The van der Waals surface area contributed by atoms with Gasteiger partial charge in [-0.2, -0.15) is 0 Å². The van der Waals surface area contributed by atoms with Crippen molar-refractivity contribution in [1.82, 2.24) is 10.9 Å². The summed E-state index contributed by atoms with van der Waals surface area (Å²) in [7, 11) is 0. The van der Waals surface area contributed by atoms with Crippen LogP contribution >= 0.6 is 0 Å². The highest BCUT2D eigenvalue weighted by atomic mass is 16.5. The molecular weight excluding hydrogens is 384 g/mol. The maximum Gasteiger partial charge on any atom is 0.279 e. The van der Waals surface area contributed by atoms with Gasteiger partial charge in [-0.3, -0.25) is 20.4 Å². The Balaban J connectivity index is 1.50. The molecule has 7 nitrogen and oxygen atoms in total. The summed E-state index contributed by atoms with van der Waals surface area (Å²) in [4.78, 5) is 24.7. The van der Waals surface area contributed by atoms with Crippen molar-refractivity contribution in [3.05, 3.63) is 59.2 Å². The van der Waals surface area contributed by atoms with E-state index in [4.69, 9.17) is 14.2 Å². The summed E-state index contributed by atoms with van der Waals surface area (Å²) >= 11 is 0. The van der Waals surface area contributed by atoms with Crippen LogP contribution in [-0.4, -0.2) is 37.2 Å². The van der Waals surface area contributed by atoms with Gasteiger partial charge in [0.25, 0.3) is 11.8 Å². The third-order valence-corrected chi connectivity index (χ3v) is 5.08. The van der Waals surface area contributed by atoms with Crippen LogP contribution in [0.15, 0.2) is 42.5 Å². The molecule has 1 aliphatic rings. The number of carbonyl (C=O) groups is 2. The molecule has 2 aromatic carbocycles. The largest absolute Gasteiger partial charge is 0.491 e. The Bertz CT molecular complexity index is 893. The highest BCUT2D eigenvalue weighted by molar-refractivity contribution is 5.96. The highest BCUT2D eigenvalue weighted by Gasteiger charge is 2.18. The Morgan fingerprint density at radius 1 is 1.17 bits per heavy atom. The van der Waals surface area contributed by atoms with E-state index in [1.54, 1.807) is 31.2 Å². The third-order valence-electron chi connectivity index (χ3n) is 5.08. The Labute approximate surface area is 176 Å². The number of ether oxygens (including phenoxy) is 3. The smallest absolute Gasteiger partial charge is 0.279 e.